The van der Waals surface area contributed by atoms with E-state index in [0.717, 1.165) is 25.5 Å². The van der Waals surface area contributed by atoms with E-state index in [1.807, 2.05) is 13.8 Å². The van der Waals surface area contributed by atoms with Gasteiger partial charge in [-0.1, -0.05) is 20.3 Å². The van der Waals surface area contributed by atoms with Crippen molar-refractivity contribution >= 4 is 0 Å². The van der Waals surface area contributed by atoms with Gasteiger partial charge in [0.2, 0.25) is 0 Å². The number of likely N-dealkylation sites (N-methyl/N-ethyl adjacent to an activating group) is 1. The predicted molar refractivity (Wildman–Crippen MR) is 63.1 cm³/mol. The number of halogens is 3. The first-order valence-electron chi connectivity index (χ1n) is 6.09. The summed E-state index contributed by atoms with van der Waals surface area (Å²) in [5, 5.41) is 3.23. The smallest absolute Gasteiger partial charge is 0.314 e. The lowest BCUT2D eigenvalue weighted by Gasteiger charge is -2.16. The number of aromatic nitrogens is 2. The summed E-state index contributed by atoms with van der Waals surface area (Å²) in [4.78, 5) is 7.48. The van der Waals surface area contributed by atoms with Gasteiger partial charge in [-0.3, -0.25) is 0 Å². The molecular formula is C12H18F3N3. The zero-order valence-corrected chi connectivity index (χ0v) is 10.6. The fourth-order valence-electron chi connectivity index (χ4n) is 1.79. The van der Waals surface area contributed by atoms with Crippen LogP contribution in [0.1, 0.15) is 38.2 Å². The molecule has 102 valence electrons. The van der Waals surface area contributed by atoms with Crippen molar-refractivity contribution < 1.29 is 13.2 Å². The molecule has 0 amide bonds. The lowest BCUT2D eigenvalue weighted by molar-refractivity contribution is -0.141. The minimum Gasteiger partial charge on any atom is -0.314 e. The molecule has 0 aliphatic rings. The third-order valence-electron chi connectivity index (χ3n) is 2.55. The van der Waals surface area contributed by atoms with Crippen LogP contribution >= 0.6 is 0 Å². The molecule has 0 saturated carbocycles. The van der Waals surface area contributed by atoms with Crippen LogP contribution in [0.3, 0.4) is 0 Å². The van der Waals surface area contributed by atoms with Gasteiger partial charge in [-0.25, -0.2) is 9.97 Å². The Hall–Kier alpha value is -1.17. The van der Waals surface area contributed by atoms with Gasteiger partial charge in [0.05, 0.1) is 0 Å². The second kappa shape index (κ2) is 6.68. The number of alkyl halides is 3. The van der Waals surface area contributed by atoms with Gasteiger partial charge >= 0.3 is 6.18 Å². The van der Waals surface area contributed by atoms with Crippen LogP contribution in [0.2, 0.25) is 0 Å². The summed E-state index contributed by atoms with van der Waals surface area (Å²) in [6.07, 6.45) is -0.952. The molecule has 1 rings (SSSR count). The Kier molecular flexibility index (Phi) is 5.53. The first kappa shape index (κ1) is 14.9. The molecule has 0 fully saturated rings. The van der Waals surface area contributed by atoms with E-state index in [1.165, 1.54) is 6.20 Å². The monoisotopic (exact) mass is 261 g/mol. The number of hydrogen-bond acceptors (Lipinski definition) is 3. The minimum absolute atomic E-state index is 0.128. The van der Waals surface area contributed by atoms with Crippen LogP contribution in [-0.2, 0) is 12.6 Å². The zero-order valence-electron chi connectivity index (χ0n) is 10.6. The molecule has 1 atom stereocenters. The van der Waals surface area contributed by atoms with Gasteiger partial charge in [0.1, 0.15) is 11.5 Å². The standard InChI is InChI=1S/C12H18F3N3/c1-3-5-9(16-4-2)8-11-17-7-6-10(18-11)12(13,14)15/h6-7,9,16H,3-5,8H2,1-2H3. The van der Waals surface area contributed by atoms with E-state index in [0.29, 0.717) is 6.42 Å². The molecular weight excluding hydrogens is 243 g/mol. The van der Waals surface area contributed by atoms with E-state index in [9.17, 15) is 13.2 Å². The van der Waals surface area contributed by atoms with Crippen molar-refractivity contribution in [2.24, 2.45) is 0 Å². The average Bonchev–Trinajstić information content (AvgIpc) is 2.29. The Labute approximate surface area is 105 Å². The Morgan fingerprint density at radius 2 is 2.06 bits per heavy atom. The van der Waals surface area contributed by atoms with Crippen LogP contribution in [0.15, 0.2) is 12.3 Å². The highest BCUT2D eigenvalue weighted by atomic mass is 19.4. The zero-order chi connectivity index (χ0) is 13.6. The van der Waals surface area contributed by atoms with Gasteiger partial charge in [-0.15, -0.1) is 0 Å². The van der Waals surface area contributed by atoms with E-state index in [-0.39, 0.29) is 11.9 Å². The summed E-state index contributed by atoms with van der Waals surface area (Å²) in [5.74, 6) is 0.240. The number of hydrogen-bond donors (Lipinski definition) is 1. The molecule has 0 aliphatic heterocycles. The van der Waals surface area contributed by atoms with E-state index >= 15 is 0 Å². The van der Waals surface area contributed by atoms with Crippen LogP contribution in [0, 0.1) is 0 Å². The van der Waals surface area contributed by atoms with Gasteiger partial charge in [-0.2, -0.15) is 13.2 Å². The Morgan fingerprint density at radius 3 is 2.61 bits per heavy atom. The molecule has 1 N–H and O–H groups in total. The van der Waals surface area contributed by atoms with Crippen LogP contribution in [0.4, 0.5) is 13.2 Å². The molecule has 0 saturated heterocycles. The molecule has 0 spiro atoms. The first-order valence-corrected chi connectivity index (χ1v) is 6.09. The van der Waals surface area contributed by atoms with Crippen LogP contribution in [-0.4, -0.2) is 22.6 Å². The summed E-state index contributed by atoms with van der Waals surface area (Å²) in [5.41, 5.74) is -0.876. The highest BCUT2D eigenvalue weighted by molar-refractivity contribution is 5.06. The third kappa shape index (κ3) is 4.60. The summed E-state index contributed by atoms with van der Waals surface area (Å²) in [6.45, 7) is 4.79. The number of nitrogens with one attached hydrogen (secondary N) is 1. The van der Waals surface area contributed by atoms with Gasteiger partial charge in [-0.05, 0) is 19.0 Å². The molecule has 3 nitrogen and oxygen atoms in total. The van der Waals surface area contributed by atoms with Gasteiger partial charge in [0, 0.05) is 18.7 Å². The second-order valence-corrected chi connectivity index (χ2v) is 4.10. The fraction of sp³-hybridized carbons (Fsp3) is 0.667. The van der Waals surface area contributed by atoms with Crippen LogP contribution < -0.4 is 5.32 Å². The van der Waals surface area contributed by atoms with Crippen molar-refractivity contribution in [1.29, 1.82) is 0 Å². The van der Waals surface area contributed by atoms with E-state index < -0.39 is 11.9 Å². The largest absolute Gasteiger partial charge is 0.433 e. The average molecular weight is 261 g/mol. The summed E-state index contributed by atoms with van der Waals surface area (Å²) in [7, 11) is 0. The normalized spacial score (nSPS) is 13.6. The van der Waals surface area contributed by atoms with Crippen molar-refractivity contribution in [3.63, 3.8) is 0 Å². The molecule has 1 aromatic heterocycles. The van der Waals surface area contributed by atoms with E-state index in [2.05, 4.69) is 15.3 Å². The lowest BCUT2D eigenvalue weighted by Crippen LogP contribution is -2.31. The van der Waals surface area contributed by atoms with Crippen LogP contribution in [0.25, 0.3) is 0 Å². The maximum absolute atomic E-state index is 12.5. The van der Waals surface area contributed by atoms with Crippen molar-refractivity contribution in [1.82, 2.24) is 15.3 Å². The van der Waals surface area contributed by atoms with Gasteiger partial charge in [0.25, 0.3) is 0 Å². The van der Waals surface area contributed by atoms with Crippen LogP contribution in [0.5, 0.6) is 0 Å². The summed E-state index contributed by atoms with van der Waals surface area (Å²) >= 11 is 0. The maximum Gasteiger partial charge on any atom is 0.433 e. The number of nitrogens with zero attached hydrogens (tertiary/aromatic N) is 2. The molecule has 18 heavy (non-hydrogen) atoms. The maximum atomic E-state index is 12.5. The Bertz CT molecular complexity index is 360. The lowest BCUT2D eigenvalue weighted by atomic mass is 10.1. The quantitative estimate of drug-likeness (QED) is 0.855. The number of rotatable bonds is 6. The molecule has 0 aromatic carbocycles. The molecule has 1 heterocycles. The molecule has 0 bridgehead atoms. The van der Waals surface area contributed by atoms with E-state index in [4.69, 9.17) is 0 Å². The third-order valence-corrected chi connectivity index (χ3v) is 2.55. The molecule has 0 aliphatic carbocycles. The molecule has 1 aromatic rings. The van der Waals surface area contributed by atoms with E-state index in [1.54, 1.807) is 0 Å². The predicted octanol–water partition coefficient (Wildman–Crippen LogP) is 2.82. The Morgan fingerprint density at radius 1 is 1.33 bits per heavy atom. The SMILES string of the molecule is CCCC(Cc1nccc(C(F)(F)F)n1)NCC. The highest BCUT2D eigenvalue weighted by Gasteiger charge is 2.32. The van der Waals surface area contributed by atoms with Gasteiger partial charge < -0.3 is 5.32 Å². The van der Waals surface area contributed by atoms with Crippen molar-refractivity contribution in [2.45, 2.75) is 45.3 Å². The second-order valence-electron chi connectivity index (χ2n) is 4.10. The highest BCUT2D eigenvalue weighted by Crippen LogP contribution is 2.27. The molecule has 1 unspecified atom stereocenters. The molecule has 6 heteroatoms. The fourth-order valence-corrected chi connectivity index (χ4v) is 1.79. The van der Waals surface area contributed by atoms with Crippen molar-refractivity contribution in [3.8, 4) is 0 Å². The Balaban J connectivity index is 2.77. The topological polar surface area (TPSA) is 37.8 Å². The van der Waals surface area contributed by atoms with Gasteiger partial charge in [0.15, 0.2) is 0 Å². The summed E-state index contributed by atoms with van der Waals surface area (Å²) in [6, 6.07) is 1.02. The first-order chi connectivity index (χ1) is 8.47. The van der Waals surface area contributed by atoms with Crippen molar-refractivity contribution in [2.75, 3.05) is 6.54 Å². The molecule has 0 radical (unpaired) electrons. The minimum atomic E-state index is -4.41. The summed E-state index contributed by atoms with van der Waals surface area (Å²) < 4.78 is 37.5. The van der Waals surface area contributed by atoms with Crippen molar-refractivity contribution in [3.05, 3.63) is 23.8 Å².